The minimum absolute atomic E-state index is 0.0350. The topological polar surface area (TPSA) is 73.9 Å². The van der Waals surface area contributed by atoms with Gasteiger partial charge in [0.25, 0.3) is 0 Å². The summed E-state index contributed by atoms with van der Waals surface area (Å²) in [6.07, 6.45) is 0. The first-order valence-corrected chi connectivity index (χ1v) is 8.93. The van der Waals surface area contributed by atoms with Crippen molar-refractivity contribution in [2.45, 2.75) is 6.61 Å². The SMILES string of the molecule is CN1CCN(c2cccc(NC(=O)NCCOCc3ccccc3)c2)C1=O. The zero-order chi connectivity index (χ0) is 19.1. The van der Waals surface area contributed by atoms with Crippen LogP contribution in [0.2, 0.25) is 0 Å². The maximum absolute atomic E-state index is 12.1. The van der Waals surface area contributed by atoms with E-state index >= 15 is 0 Å². The standard InChI is InChI=1S/C20H24N4O3/c1-23-11-12-24(20(23)26)18-9-5-8-17(14-18)22-19(25)21-10-13-27-15-16-6-3-2-4-7-16/h2-9,14H,10-13,15H2,1H3,(H2,21,22,25). The summed E-state index contributed by atoms with van der Waals surface area (Å²) in [6.45, 7) is 2.69. The number of likely N-dealkylation sites (N-methyl/N-ethyl adjacent to an activating group) is 1. The molecule has 1 aliphatic rings. The lowest BCUT2D eigenvalue weighted by Gasteiger charge is -2.17. The Morgan fingerprint density at radius 2 is 1.93 bits per heavy atom. The Hall–Kier alpha value is -3.06. The number of nitrogens with one attached hydrogen (secondary N) is 2. The van der Waals surface area contributed by atoms with E-state index in [9.17, 15) is 9.59 Å². The van der Waals surface area contributed by atoms with E-state index in [0.717, 1.165) is 11.3 Å². The first-order chi connectivity index (χ1) is 13.1. The van der Waals surface area contributed by atoms with Gasteiger partial charge in [-0.2, -0.15) is 0 Å². The number of anilines is 2. The molecule has 1 saturated heterocycles. The number of amides is 4. The van der Waals surface area contributed by atoms with Crippen molar-refractivity contribution < 1.29 is 14.3 Å². The third-order valence-corrected chi connectivity index (χ3v) is 4.28. The Morgan fingerprint density at radius 3 is 2.67 bits per heavy atom. The number of benzene rings is 2. The van der Waals surface area contributed by atoms with Crippen LogP contribution in [0, 0.1) is 0 Å². The van der Waals surface area contributed by atoms with E-state index in [1.54, 1.807) is 29.0 Å². The maximum atomic E-state index is 12.1. The molecule has 0 bridgehead atoms. The summed E-state index contributed by atoms with van der Waals surface area (Å²) in [5.74, 6) is 0. The fourth-order valence-corrected chi connectivity index (χ4v) is 2.81. The molecule has 142 valence electrons. The molecule has 2 aromatic carbocycles. The van der Waals surface area contributed by atoms with Crippen molar-refractivity contribution in [1.82, 2.24) is 10.2 Å². The van der Waals surface area contributed by atoms with Gasteiger partial charge < -0.3 is 20.3 Å². The Kier molecular flexibility index (Phi) is 6.27. The van der Waals surface area contributed by atoms with E-state index in [1.165, 1.54) is 0 Å². The highest BCUT2D eigenvalue weighted by molar-refractivity contribution is 5.95. The second-order valence-corrected chi connectivity index (χ2v) is 6.33. The lowest BCUT2D eigenvalue weighted by Crippen LogP contribution is -2.32. The van der Waals surface area contributed by atoms with Gasteiger partial charge in [-0.25, -0.2) is 9.59 Å². The van der Waals surface area contributed by atoms with E-state index in [4.69, 9.17) is 4.74 Å². The monoisotopic (exact) mass is 368 g/mol. The van der Waals surface area contributed by atoms with Crippen LogP contribution in [-0.4, -0.2) is 50.3 Å². The van der Waals surface area contributed by atoms with Gasteiger partial charge in [0.2, 0.25) is 0 Å². The van der Waals surface area contributed by atoms with E-state index in [0.29, 0.717) is 38.5 Å². The van der Waals surface area contributed by atoms with Crippen molar-refractivity contribution in [3.63, 3.8) is 0 Å². The molecule has 0 aliphatic carbocycles. The Bertz CT molecular complexity index is 782. The van der Waals surface area contributed by atoms with Crippen LogP contribution >= 0.6 is 0 Å². The number of nitrogens with zero attached hydrogens (tertiary/aromatic N) is 2. The highest BCUT2D eigenvalue weighted by atomic mass is 16.5. The Morgan fingerprint density at radius 1 is 1.11 bits per heavy atom. The van der Waals surface area contributed by atoms with E-state index in [-0.39, 0.29) is 12.1 Å². The maximum Gasteiger partial charge on any atom is 0.324 e. The first kappa shape index (κ1) is 18.7. The second-order valence-electron chi connectivity index (χ2n) is 6.33. The molecule has 7 nitrogen and oxygen atoms in total. The third kappa shape index (κ3) is 5.21. The first-order valence-electron chi connectivity index (χ1n) is 8.93. The van der Waals surface area contributed by atoms with E-state index in [1.807, 2.05) is 42.5 Å². The molecular formula is C20H24N4O3. The molecule has 2 aromatic rings. The zero-order valence-corrected chi connectivity index (χ0v) is 15.4. The number of ether oxygens (including phenoxy) is 1. The summed E-state index contributed by atoms with van der Waals surface area (Å²) in [6, 6.07) is 16.8. The predicted octanol–water partition coefficient (Wildman–Crippen LogP) is 2.90. The van der Waals surface area contributed by atoms with E-state index < -0.39 is 0 Å². The minimum atomic E-state index is -0.305. The summed E-state index contributed by atoms with van der Waals surface area (Å²) in [4.78, 5) is 27.5. The van der Waals surface area contributed by atoms with Gasteiger partial charge in [0, 0.05) is 38.1 Å². The van der Waals surface area contributed by atoms with Crippen LogP contribution in [0.25, 0.3) is 0 Å². The van der Waals surface area contributed by atoms with Crippen LogP contribution in [0.15, 0.2) is 54.6 Å². The van der Waals surface area contributed by atoms with Gasteiger partial charge in [0.1, 0.15) is 0 Å². The van der Waals surface area contributed by atoms with Gasteiger partial charge in [-0.3, -0.25) is 4.90 Å². The molecule has 0 unspecified atom stereocenters. The van der Waals surface area contributed by atoms with Gasteiger partial charge in [-0.1, -0.05) is 36.4 Å². The fourth-order valence-electron chi connectivity index (χ4n) is 2.81. The van der Waals surface area contributed by atoms with Crippen LogP contribution in [0.5, 0.6) is 0 Å². The lowest BCUT2D eigenvalue weighted by molar-refractivity contribution is 0.124. The average Bonchev–Trinajstić information content (AvgIpc) is 3.01. The molecule has 0 radical (unpaired) electrons. The highest BCUT2D eigenvalue weighted by Crippen LogP contribution is 2.22. The molecule has 27 heavy (non-hydrogen) atoms. The van der Waals surface area contributed by atoms with Gasteiger partial charge in [-0.15, -0.1) is 0 Å². The molecule has 0 aromatic heterocycles. The molecule has 1 fully saturated rings. The van der Waals surface area contributed by atoms with E-state index in [2.05, 4.69) is 10.6 Å². The van der Waals surface area contributed by atoms with Gasteiger partial charge >= 0.3 is 12.1 Å². The summed E-state index contributed by atoms with van der Waals surface area (Å²) in [5, 5.41) is 5.54. The zero-order valence-electron chi connectivity index (χ0n) is 15.4. The smallest absolute Gasteiger partial charge is 0.324 e. The molecule has 1 heterocycles. The minimum Gasteiger partial charge on any atom is -0.375 e. The van der Waals surface area contributed by atoms with Crippen molar-refractivity contribution in [2.75, 3.05) is 43.5 Å². The molecule has 2 N–H and O–H groups in total. The quantitative estimate of drug-likeness (QED) is 0.738. The Balaban J connectivity index is 1.41. The van der Waals surface area contributed by atoms with Crippen LogP contribution in [0.4, 0.5) is 21.0 Å². The van der Waals surface area contributed by atoms with Crippen molar-refractivity contribution >= 4 is 23.4 Å². The molecule has 4 amide bonds. The summed E-state index contributed by atoms with van der Waals surface area (Å²) >= 11 is 0. The van der Waals surface area contributed by atoms with Crippen molar-refractivity contribution in [2.24, 2.45) is 0 Å². The number of carbonyl (C=O) groups excluding carboxylic acids is 2. The van der Waals surface area contributed by atoms with Crippen LogP contribution in [-0.2, 0) is 11.3 Å². The molecule has 1 aliphatic heterocycles. The third-order valence-electron chi connectivity index (χ3n) is 4.28. The largest absolute Gasteiger partial charge is 0.375 e. The van der Waals surface area contributed by atoms with Crippen molar-refractivity contribution in [3.8, 4) is 0 Å². The summed E-state index contributed by atoms with van der Waals surface area (Å²) < 4.78 is 5.54. The molecular weight excluding hydrogens is 344 g/mol. The molecule has 0 atom stereocenters. The number of hydrogen-bond donors (Lipinski definition) is 2. The van der Waals surface area contributed by atoms with Gasteiger partial charge in [-0.05, 0) is 23.8 Å². The van der Waals surface area contributed by atoms with Crippen molar-refractivity contribution in [1.29, 1.82) is 0 Å². The predicted molar refractivity (Wildman–Crippen MR) is 105 cm³/mol. The highest BCUT2D eigenvalue weighted by Gasteiger charge is 2.26. The van der Waals surface area contributed by atoms with Gasteiger partial charge in [0.15, 0.2) is 0 Å². The normalized spacial score (nSPS) is 13.7. The Labute approximate surface area is 158 Å². The lowest BCUT2D eigenvalue weighted by atomic mass is 10.2. The summed E-state index contributed by atoms with van der Waals surface area (Å²) in [7, 11) is 1.78. The van der Waals surface area contributed by atoms with Crippen molar-refractivity contribution in [3.05, 3.63) is 60.2 Å². The molecule has 0 saturated carbocycles. The van der Waals surface area contributed by atoms with Crippen LogP contribution in [0.1, 0.15) is 5.56 Å². The van der Waals surface area contributed by atoms with Crippen LogP contribution < -0.4 is 15.5 Å². The fraction of sp³-hybridized carbons (Fsp3) is 0.300. The molecule has 0 spiro atoms. The number of rotatable bonds is 7. The molecule has 3 rings (SSSR count). The van der Waals surface area contributed by atoms with Crippen LogP contribution in [0.3, 0.4) is 0 Å². The van der Waals surface area contributed by atoms with Gasteiger partial charge in [0.05, 0.1) is 13.2 Å². The number of urea groups is 2. The number of hydrogen-bond acceptors (Lipinski definition) is 3. The number of carbonyl (C=O) groups is 2. The average molecular weight is 368 g/mol. The second kappa shape index (κ2) is 9.05. The summed E-state index contributed by atoms with van der Waals surface area (Å²) in [5.41, 5.74) is 2.51. The molecule has 7 heteroatoms.